The summed E-state index contributed by atoms with van der Waals surface area (Å²) in [6, 6.07) is 0.562. The lowest BCUT2D eigenvalue weighted by Crippen LogP contribution is -2.18. The third-order valence-corrected chi connectivity index (χ3v) is 2.52. The van der Waals surface area contributed by atoms with Crippen LogP contribution in [0.5, 0.6) is 5.75 Å². The number of hydrogen-bond donors (Lipinski definition) is 0. The van der Waals surface area contributed by atoms with Crippen molar-refractivity contribution in [2.24, 2.45) is 0 Å². The average Bonchev–Trinajstić information content (AvgIpc) is 2.17. The average molecular weight is 340 g/mol. The van der Waals surface area contributed by atoms with E-state index in [2.05, 4.69) is 25.7 Å². The van der Waals surface area contributed by atoms with Crippen molar-refractivity contribution in [3.8, 4) is 5.75 Å². The normalized spacial score (nSPS) is 12.0. The minimum atomic E-state index is -4.99. The van der Waals surface area contributed by atoms with Crippen molar-refractivity contribution in [3.63, 3.8) is 0 Å². The summed E-state index contributed by atoms with van der Waals surface area (Å²) >= 11 is 8.06. The number of alkyl halides is 6. The van der Waals surface area contributed by atoms with Crippen LogP contribution in [0.1, 0.15) is 17.7 Å². The van der Waals surface area contributed by atoms with Crippen LogP contribution in [0.25, 0.3) is 0 Å². The van der Waals surface area contributed by atoms with Gasteiger partial charge in [-0.1, -0.05) is 0 Å². The van der Waals surface area contributed by atoms with Crippen molar-refractivity contribution in [1.82, 2.24) is 4.98 Å². The molecule has 17 heavy (non-hydrogen) atoms. The number of aromatic nitrogens is 1. The quantitative estimate of drug-likeness (QED) is 0.462. The van der Waals surface area contributed by atoms with Crippen LogP contribution in [0.15, 0.2) is 10.7 Å². The zero-order chi connectivity index (χ0) is 13.2. The van der Waals surface area contributed by atoms with E-state index >= 15 is 0 Å². The zero-order valence-corrected chi connectivity index (χ0v) is 10.2. The molecule has 0 N–H and O–H groups in total. The molecule has 0 aromatic carbocycles. The van der Waals surface area contributed by atoms with Crippen LogP contribution in [0.3, 0.4) is 0 Å². The molecule has 0 amide bonds. The number of rotatable bonds is 3. The van der Waals surface area contributed by atoms with E-state index in [9.17, 15) is 22.0 Å². The van der Waals surface area contributed by atoms with Crippen molar-refractivity contribution in [2.45, 2.75) is 18.7 Å². The summed E-state index contributed by atoms with van der Waals surface area (Å²) in [5, 5.41) is 0. The van der Waals surface area contributed by atoms with Crippen LogP contribution < -0.4 is 4.74 Å². The molecule has 0 saturated carbocycles. The molecule has 96 valence electrons. The second kappa shape index (κ2) is 5.34. The fraction of sp³-hybridized carbons (Fsp3) is 0.375. The standard InChI is InChI=1S/C8H4BrClF5NO/c9-6-3(7(11)12)1-5(4(2-10)16-6)17-8(13,14)15/h1,7H,2H2. The first-order valence-electron chi connectivity index (χ1n) is 4.03. The molecule has 2 nitrogen and oxygen atoms in total. The lowest BCUT2D eigenvalue weighted by Gasteiger charge is -2.13. The third-order valence-electron chi connectivity index (χ3n) is 1.63. The summed E-state index contributed by atoms with van der Waals surface area (Å²) in [4.78, 5) is 3.48. The van der Waals surface area contributed by atoms with Gasteiger partial charge >= 0.3 is 6.36 Å². The molecule has 1 aromatic rings. The largest absolute Gasteiger partial charge is 0.573 e. The van der Waals surface area contributed by atoms with E-state index in [4.69, 9.17) is 11.6 Å². The first kappa shape index (κ1) is 14.4. The molecule has 0 aliphatic heterocycles. The fourth-order valence-corrected chi connectivity index (χ4v) is 1.68. The molecule has 0 bridgehead atoms. The highest BCUT2D eigenvalue weighted by Crippen LogP contribution is 2.34. The monoisotopic (exact) mass is 339 g/mol. The highest BCUT2D eigenvalue weighted by atomic mass is 79.9. The molecular weight excluding hydrogens is 336 g/mol. The van der Waals surface area contributed by atoms with E-state index in [1.165, 1.54) is 0 Å². The Morgan fingerprint density at radius 1 is 1.41 bits per heavy atom. The minimum Gasteiger partial charge on any atom is -0.404 e. The van der Waals surface area contributed by atoms with Gasteiger partial charge in [-0.25, -0.2) is 13.8 Å². The van der Waals surface area contributed by atoms with Crippen LogP contribution in [0, 0.1) is 0 Å². The maximum absolute atomic E-state index is 12.4. The molecular formula is C8H4BrClF5NO. The number of hydrogen-bond acceptors (Lipinski definition) is 2. The molecule has 0 saturated heterocycles. The van der Waals surface area contributed by atoms with Gasteiger partial charge in [0.25, 0.3) is 6.43 Å². The van der Waals surface area contributed by atoms with Gasteiger partial charge in [0.05, 0.1) is 17.1 Å². The van der Waals surface area contributed by atoms with E-state index in [0.29, 0.717) is 6.07 Å². The Morgan fingerprint density at radius 3 is 2.41 bits per heavy atom. The van der Waals surface area contributed by atoms with Crippen molar-refractivity contribution in [2.75, 3.05) is 0 Å². The van der Waals surface area contributed by atoms with Crippen molar-refractivity contribution in [1.29, 1.82) is 0 Å². The molecule has 0 aliphatic rings. The summed E-state index contributed by atoms with van der Waals surface area (Å²) in [6.07, 6.45) is -7.97. The Hall–Kier alpha value is -0.630. The van der Waals surface area contributed by atoms with Crippen molar-refractivity contribution >= 4 is 27.5 Å². The van der Waals surface area contributed by atoms with Gasteiger partial charge in [0.15, 0.2) is 5.75 Å². The number of nitrogens with zero attached hydrogens (tertiary/aromatic N) is 1. The Bertz CT molecular complexity index is 412. The topological polar surface area (TPSA) is 22.1 Å². The highest BCUT2D eigenvalue weighted by Gasteiger charge is 2.33. The van der Waals surface area contributed by atoms with E-state index in [0.717, 1.165) is 0 Å². The van der Waals surface area contributed by atoms with Crippen molar-refractivity contribution in [3.05, 3.63) is 21.9 Å². The molecule has 1 heterocycles. The molecule has 1 aromatic heterocycles. The van der Waals surface area contributed by atoms with E-state index in [1.807, 2.05) is 0 Å². The summed E-state index contributed by atoms with van der Waals surface area (Å²) in [6.45, 7) is 0. The molecule has 9 heteroatoms. The number of halogens is 7. The van der Waals surface area contributed by atoms with Gasteiger partial charge in [-0.3, -0.25) is 0 Å². The van der Waals surface area contributed by atoms with Crippen LogP contribution in [0.4, 0.5) is 22.0 Å². The van der Waals surface area contributed by atoms with Gasteiger partial charge in [0, 0.05) is 0 Å². The lowest BCUT2D eigenvalue weighted by molar-refractivity contribution is -0.275. The Morgan fingerprint density at radius 2 is 2.00 bits per heavy atom. The zero-order valence-electron chi connectivity index (χ0n) is 7.86. The molecule has 1 rings (SSSR count). The SMILES string of the molecule is FC(F)c1cc(OC(F)(F)F)c(CCl)nc1Br. The predicted octanol–water partition coefficient (Wildman–Crippen LogP) is 4.42. The Labute approximate surface area is 106 Å². The fourth-order valence-electron chi connectivity index (χ4n) is 0.984. The summed E-state index contributed by atoms with van der Waals surface area (Å²) in [5.41, 5.74) is -0.974. The minimum absolute atomic E-state index is 0.266. The Kier molecular flexibility index (Phi) is 4.54. The van der Waals surface area contributed by atoms with E-state index in [1.54, 1.807) is 0 Å². The highest BCUT2D eigenvalue weighted by molar-refractivity contribution is 9.10. The second-order valence-electron chi connectivity index (χ2n) is 2.80. The molecule has 0 fully saturated rings. The molecule has 0 aliphatic carbocycles. The van der Waals surface area contributed by atoms with Crippen molar-refractivity contribution < 1.29 is 26.7 Å². The smallest absolute Gasteiger partial charge is 0.404 e. The Balaban J connectivity index is 3.22. The maximum Gasteiger partial charge on any atom is 0.573 e. The summed E-state index contributed by atoms with van der Waals surface area (Å²) < 4.78 is 64.2. The van der Waals surface area contributed by atoms with Gasteiger partial charge in [-0.2, -0.15) is 0 Å². The van der Waals surface area contributed by atoms with Gasteiger partial charge in [0.1, 0.15) is 4.60 Å². The number of ether oxygens (including phenoxy) is 1. The summed E-state index contributed by atoms with van der Waals surface area (Å²) in [5.74, 6) is -1.22. The maximum atomic E-state index is 12.4. The van der Waals surface area contributed by atoms with Gasteiger partial charge in [0.2, 0.25) is 0 Å². The van der Waals surface area contributed by atoms with E-state index in [-0.39, 0.29) is 10.3 Å². The van der Waals surface area contributed by atoms with Crippen LogP contribution in [-0.2, 0) is 5.88 Å². The number of pyridine rings is 1. The second-order valence-corrected chi connectivity index (χ2v) is 3.81. The predicted molar refractivity (Wildman–Crippen MR) is 53.1 cm³/mol. The van der Waals surface area contributed by atoms with Crippen LogP contribution >= 0.6 is 27.5 Å². The lowest BCUT2D eigenvalue weighted by atomic mass is 10.2. The summed E-state index contributed by atoms with van der Waals surface area (Å²) in [7, 11) is 0. The van der Waals surface area contributed by atoms with Crippen LogP contribution in [0.2, 0.25) is 0 Å². The van der Waals surface area contributed by atoms with Gasteiger partial charge in [-0.05, 0) is 22.0 Å². The molecule has 0 radical (unpaired) electrons. The van der Waals surface area contributed by atoms with E-state index < -0.39 is 30.0 Å². The molecule has 0 unspecified atom stereocenters. The first-order chi connectivity index (χ1) is 7.74. The van der Waals surface area contributed by atoms with Gasteiger partial charge in [-0.15, -0.1) is 24.8 Å². The first-order valence-corrected chi connectivity index (χ1v) is 5.36. The van der Waals surface area contributed by atoms with Crippen LogP contribution in [-0.4, -0.2) is 11.3 Å². The third kappa shape index (κ3) is 3.95. The van der Waals surface area contributed by atoms with Gasteiger partial charge < -0.3 is 4.74 Å². The molecule has 0 spiro atoms. The molecule has 0 atom stereocenters.